The maximum absolute atomic E-state index is 8.79. The SMILES string of the molecule is Cc1cccc(Sc2nnccc2C(=N)NO)c1. The van der Waals surface area contributed by atoms with Crippen LogP contribution in [-0.4, -0.2) is 21.2 Å². The number of nitrogens with zero attached hydrogens (tertiary/aromatic N) is 2. The van der Waals surface area contributed by atoms with E-state index in [2.05, 4.69) is 10.2 Å². The van der Waals surface area contributed by atoms with Gasteiger partial charge in [0.1, 0.15) is 5.03 Å². The van der Waals surface area contributed by atoms with Crippen LogP contribution in [-0.2, 0) is 0 Å². The van der Waals surface area contributed by atoms with E-state index in [0.29, 0.717) is 10.6 Å². The molecule has 0 unspecified atom stereocenters. The van der Waals surface area contributed by atoms with E-state index in [1.54, 1.807) is 6.07 Å². The molecule has 0 spiro atoms. The van der Waals surface area contributed by atoms with Gasteiger partial charge >= 0.3 is 0 Å². The first kappa shape index (κ1) is 12.5. The predicted molar refractivity (Wildman–Crippen MR) is 69.1 cm³/mol. The lowest BCUT2D eigenvalue weighted by Gasteiger charge is -2.07. The zero-order chi connectivity index (χ0) is 13.0. The quantitative estimate of drug-likeness (QED) is 0.448. The molecular formula is C12H12N4OS. The molecule has 0 saturated carbocycles. The summed E-state index contributed by atoms with van der Waals surface area (Å²) in [7, 11) is 0. The van der Waals surface area contributed by atoms with Gasteiger partial charge in [-0.2, -0.15) is 5.10 Å². The van der Waals surface area contributed by atoms with Crippen molar-refractivity contribution in [3.8, 4) is 0 Å². The van der Waals surface area contributed by atoms with Gasteiger partial charge in [0, 0.05) is 4.90 Å². The highest BCUT2D eigenvalue weighted by atomic mass is 32.2. The van der Waals surface area contributed by atoms with Crippen LogP contribution in [0.1, 0.15) is 11.1 Å². The lowest BCUT2D eigenvalue weighted by atomic mass is 10.2. The zero-order valence-corrected chi connectivity index (χ0v) is 10.5. The molecule has 0 bridgehead atoms. The second kappa shape index (κ2) is 5.61. The summed E-state index contributed by atoms with van der Waals surface area (Å²) in [5, 5.41) is 24.8. The number of benzene rings is 1. The van der Waals surface area contributed by atoms with E-state index in [4.69, 9.17) is 10.6 Å². The third-order valence-corrected chi connectivity index (χ3v) is 3.26. The van der Waals surface area contributed by atoms with E-state index in [0.717, 1.165) is 10.5 Å². The zero-order valence-electron chi connectivity index (χ0n) is 9.71. The first-order chi connectivity index (χ1) is 8.70. The largest absolute Gasteiger partial charge is 0.290 e. The molecule has 0 fully saturated rings. The first-order valence-corrected chi connectivity index (χ1v) is 6.07. The van der Waals surface area contributed by atoms with Crippen molar-refractivity contribution in [3.63, 3.8) is 0 Å². The van der Waals surface area contributed by atoms with Crippen molar-refractivity contribution in [1.29, 1.82) is 5.41 Å². The molecule has 6 heteroatoms. The fourth-order valence-corrected chi connectivity index (χ4v) is 2.42. The summed E-state index contributed by atoms with van der Waals surface area (Å²) < 4.78 is 0. The molecule has 0 aliphatic carbocycles. The number of hydroxylamine groups is 1. The molecule has 1 aromatic heterocycles. The molecular weight excluding hydrogens is 248 g/mol. The van der Waals surface area contributed by atoms with Gasteiger partial charge in [-0.05, 0) is 25.1 Å². The van der Waals surface area contributed by atoms with Gasteiger partial charge in [-0.25, -0.2) is 0 Å². The number of rotatable bonds is 3. The summed E-state index contributed by atoms with van der Waals surface area (Å²) in [5.74, 6) is -0.0972. The van der Waals surface area contributed by atoms with Crippen molar-refractivity contribution < 1.29 is 5.21 Å². The van der Waals surface area contributed by atoms with Gasteiger partial charge in [-0.3, -0.25) is 16.1 Å². The van der Waals surface area contributed by atoms with Crippen LogP contribution in [0.25, 0.3) is 0 Å². The highest BCUT2D eigenvalue weighted by molar-refractivity contribution is 7.99. The smallest absolute Gasteiger partial charge is 0.152 e. The van der Waals surface area contributed by atoms with Crippen LogP contribution < -0.4 is 5.48 Å². The average Bonchev–Trinajstić information content (AvgIpc) is 2.38. The van der Waals surface area contributed by atoms with Crippen LogP contribution >= 0.6 is 11.8 Å². The van der Waals surface area contributed by atoms with Gasteiger partial charge in [-0.1, -0.05) is 29.5 Å². The van der Waals surface area contributed by atoms with Crippen molar-refractivity contribution >= 4 is 17.6 Å². The molecule has 0 aliphatic rings. The number of hydrogen-bond acceptors (Lipinski definition) is 5. The Morgan fingerprint density at radius 3 is 2.94 bits per heavy atom. The fourth-order valence-electron chi connectivity index (χ4n) is 1.44. The van der Waals surface area contributed by atoms with Crippen molar-refractivity contribution in [2.24, 2.45) is 0 Å². The summed E-state index contributed by atoms with van der Waals surface area (Å²) in [6.45, 7) is 2.01. The van der Waals surface area contributed by atoms with Crippen molar-refractivity contribution in [2.45, 2.75) is 16.8 Å². The van der Waals surface area contributed by atoms with Crippen LogP contribution in [0, 0.1) is 12.3 Å². The number of aromatic nitrogens is 2. The normalized spacial score (nSPS) is 10.1. The molecule has 18 heavy (non-hydrogen) atoms. The molecule has 5 nitrogen and oxygen atoms in total. The van der Waals surface area contributed by atoms with Crippen LogP contribution in [0.2, 0.25) is 0 Å². The number of nitrogens with one attached hydrogen (secondary N) is 2. The van der Waals surface area contributed by atoms with E-state index in [9.17, 15) is 0 Å². The highest BCUT2D eigenvalue weighted by Gasteiger charge is 2.10. The minimum absolute atomic E-state index is 0.0972. The molecule has 2 rings (SSSR count). The summed E-state index contributed by atoms with van der Waals surface area (Å²) in [5.41, 5.74) is 3.49. The molecule has 2 aromatic rings. The Hall–Kier alpha value is -1.92. The van der Waals surface area contributed by atoms with E-state index in [1.165, 1.54) is 18.0 Å². The predicted octanol–water partition coefficient (Wildman–Crippen LogP) is 2.24. The molecule has 1 heterocycles. The number of amidine groups is 1. The maximum Gasteiger partial charge on any atom is 0.152 e. The molecule has 0 amide bonds. The minimum Gasteiger partial charge on any atom is -0.290 e. The summed E-state index contributed by atoms with van der Waals surface area (Å²) in [4.78, 5) is 1.02. The lowest BCUT2D eigenvalue weighted by Crippen LogP contribution is -2.20. The fraction of sp³-hybridized carbons (Fsp3) is 0.0833. The molecule has 0 atom stereocenters. The Kier molecular flexibility index (Phi) is 3.91. The van der Waals surface area contributed by atoms with Gasteiger partial charge in [-0.15, -0.1) is 5.10 Å². The molecule has 92 valence electrons. The lowest BCUT2D eigenvalue weighted by molar-refractivity contribution is 0.234. The van der Waals surface area contributed by atoms with Crippen molar-refractivity contribution in [2.75, 3.05) is 0 Å². The first-order valence-electron chi connectivity index (χ1n) is 5.26. The minimum atomic E-state index is -0.0972. The summed E-state index contributed by atoms with van der Waals surface area (Å²) >= 11 is 1.41. The maximum atomic E-state index is 8.79. The van der Waals surface area contributed by atoms with E-state index < -0.39 is 0 Å². The van der Waals surface area contributed by atoms with Gasteiger partial charge in [0.15, 0.2) is 5.84 Å². The Morgan fingerprint density at radius 1 is 1.39 bits per heavy atom. The monoisotopic (exact) mass is 260 g/mol. The van der Waals surface area contributed by atoms with Gasteiger partial charge in [0.2, 0.25) is 0 Å². The van der Waals surface area contributed by atoms with E-state index in [1.807, 2.05) is 36.7 Å². The van der Waals surface area contributed by atoms with E-state index >= 15 is 0 Å². The van der Waals surface area contributed by atoms with Crippen LogP contribution in [0.15, 0.2) is 46.5 Å². The van der Waals surface area contributed by atoms with Crippen LogP contribution in [0.5, 0.6) is 0 Å². The Balaban J connectivity index is 2.32. The summed E-state index contributed by atoms with van der Waals surface area (Å²) in [6, 6.07) is 9.60. The van der Waals surface area contributed by atoms with E-state index in [-0.39, 0.29) is 5.84 Å². The van der Waals surface area contributed by atoms with Crippen LogP contribution in [0.3, 0.4) is 0 Å². The molecule has 3 N–H and O–H groups in total. The third-order valence-electron chi connectivity index (χ3n) is 2.27. The Labute approximate surface area is 109 Å². The van der Waals surface area contributed by atoms with Gasteiger partial charge < -0.3 is 0 Å². The molecule has 0 saturated heterocycles. The van der Waals surface area contributed by atoms with Crippen LogP contribution in [0.4, 0.5) is 0 Å². The second-order valence-electron chi connectivity index (χ2n) is 3.66. The summed E-state index contributed by atoms with van der Waals surface area (Å²) in [6.07, 6.45) is 1.49. The topological polar surface area (TPSA) is 81.9 Å². The highest BCUT2D eigenvalue weighted by Crippen LogP contribution is 2.28. The Bertz CT molecular complexity index is 574. The Morgan fingerprint density at radius 2 is 2.22 bits per heavy atom. The standard InChI is InChI=1S/C12H12N4OS/c1-8-3-2-4-9(7-8)18-12-10(11(13)16-17)5-6-14-15-12/h2-7,17H,1H3,(H2,13,16). The molecule has 0 aliphatic heterocycles. The number of hydrogen-bond donors (Lipinski definition) is 3. The van der Waals surface area contributed by atoms with Crippen molar-refractivity contribution in [3.05, 3.63) is 47.7 Å². The van der Waals surface area contributed by atoms with Gasteiger partial charge in [0.25, 0.3) is 0 Å². The third kappa shape index (κ3) is 2.85. The second-order valence-corrected chi connectivity index (χ2v) is 4.72. The molecule has 0 radical (unpaired) electrons. The number of aryl methyl sites for hydroxylation is 1. The molecule has 1 aromatic carbocycles. The van der Waals surface area contributed by atoms with Gasteiger partial charge in [0.05, 0.1) is 11.8 Å². The van der Waals surface area contributed by atoms with Crippen molar-refractivity contribution in [1.82, 2.24) is 15.7 Å². The average molecular weight is 260 g/mol.